The molecular formula is C10H19N3O2S. The SMILES string of the molecule is CC1(C)C(N)C(C)(C)C1NS(=O)(=O)CC#N. The van der Waals surface area contributed by atoms with Crippen molar-refractivity contribution in [3.05, 3.63) is 0 Å². The highest BCUT2D eigenvalue weighted by Crippen LogP contribution is 2.52. The van der Waals surface area contributed by atoms with Gasteiger partial charge in [-0.3, -0.25) is 0 Å². The van der Waals surface area contributed by atoms with Crippen LogP contribution in [0.1, 0.15) is 27.7 Å². The summed E-state index contributed by atoms with van der Waals surface area (Å²) in [6.45, 7) is 7.73. The van der Waals surface area contributed by atoms with Crippen molar-refractivity contribution in [2.75, 3.05) is 5.75 Å². The Morgan fingerprint density at radius 2 is 1.75 bits per heavy atom. The zero-order valence-corrected chi connectivity index (χ0v) is 10.9. The van der Waals surface area contributed by atoms with E-state index in [1.54, 1.807) is 6.07 Å². The molecule has 0 atom stereocenters. The average molecular weight is 245 g/mol. The first-order valence-electron chi connectivity index (χ1n) is 5.18. The lowest BCUT2D eigenvalue weighted by Gasteiger charge is -2.62. The van der Waals surface area contributed by atoms with Gasteiger partial charge >= 0.3 is 0 Å². The number of nitrogens with zero attached hydrogens (tertiary/aromatic N) is 1. The predicted molar refractivity (Wildman–Crippen MR) is 61.9 cm³/mol. The number of hydrogen-bond donors (Lipinski definition) is 2. The summed E-state index contributed by atoms with van der Waals surface area (Å²) in [6, 6.07) is 1.36. The second-order valence-electron chi connectivity index (χ2n) is 5.59. The Bertz CT molecular complexity index is 404. The van der Waals surface area contributed by atoms with E-state index in [1.807, 2.05) is 27.7 Å². The fourth-order valence-corrected chi connectivity index (χ4v) is 4.01. The highest BCUT2D eigenvalue weighted by Gasteiger charge is 2.60. The van der Waals surface area contributed by atoms with Gasteiger partial charge in [0.25, 0.3) is 0 Å². The Morgan fingerprint density at radius 1 is 1.31 bits per heavy atom. The van der Waals surface area contributed by atoms with Crippen molar-refractivity contribution in [2.45, 2.75) is 39.8 Å². The van der Waals surface area contributed by atoms with Crippen molar-refractivity contribution in [1.82, 2.24) is 4.72 Å². The summed E-state index contributed by atoms with van der Waals surface area (Å²) in [5, 5.41) is 8.42. The van der Waals surface area contributed by atoms with Gasteiger partial charge in [0, 0.05) is 12.1 Å². The molecule has 0 aromatic rings. The van der Waals surface area contributed by atoms with Crippen LogP contribution in [0.2, 0.25) is 0 Å². The zero-order valence-electron chi connectivity index (χ0n) is 10.1. The third kappa shape index (κ3) is 1.95. The Kier molecular flexibility index (Phi) is 3.10. The molecule has 16 heavy (non-hydrogen) atoms. The molecule has 1 saturated carbocycles. The summed E-state index contributed by atoms with van der Waals surface area (Å²) in [4.78, 5) is 0. The Labute approximate surface area is 97.1 Å². The third-order valence-electron chi connectivity index (χ3n) is 3.64. The number of nitriles is 1. The summed E-state index contributed by atoms with van der Waals surface area (Å²) in [6.07, 6.45) is 0. The van der Waals surface area contributed by atoms with E-state index in [1.165, 1.54) is 0 Å². The summed E-state index contributed by atoms with van der Waals surface area (Å²) in [5.74, 6) is -0.509. The van der Waals surface area contributed by atoms with Gasteiger partial charge in [-0.25, -0.2) is 13.1 Å². The van der Waals surface area contributed by atoms with Crippen LogP contribution in [0, 0.1) is 22.2 Å². The van der Waals surface area contributed by atoms with Gasteiger partial charge in [0.15, 0.2) is 5.75 Å². The summed E-state index contributed by atoms with van der Waals surface area (Å²) >= 11 is 0. The Hall–Kier alpha value is -0.640. The molecule has 0 saturated heterocycles. The lowest BCUT2D eigenvalue weighted by atomic mass is 9.49. The molecule has 1 rings (SSSR count). The van der Waals surface area contributed by atoms with Gasteiger partial charge in [0.05, 0.1) is 6.07 Å². The molecule has 3 N–H and O–H groups in total. The second-order valence-corrected chi connectivity index (χ2v) is 7.34. The van der Waals surface area contributed by atoms with E-state index < -0.39 is 15.8 Å². The first-order chi connectivity index (χ1) is 7.05. The quantitative estimate of drug-likeness (QED) is 0.742. The number of sulfonamides is 1. The van der Waals surface area contributed by atoms with Crippen LogP contribution in [-0.4, -0.2) is 26.3 Å². The molecule has 0 unspecified atom stereocenters. The van der Waals surface area contributed by atoms with E-state index in [-0.39, 0.29) is 22.9 Å². The molecule has 0 aliphatic heterocycles. The van der Waals surface area contributed by atoms with Crippen LogP contribution in [0.25, 0.3) is 0 Å². The molecule has 0 radical (unpaired) electrons. The van der Waals surface area contributed by atoms with E-state index >= 15 is 0 Å². The van der Waals surface area contributed by atoms with Crippen LogP contribution in [-0.2, 0) is 10.0 Å². The molecule has 0 aromatic heterocycles. The summed E-state index contributed by atoms with van der Waals surface area (Å²) in [7, 11) is -3.52. The molecule has 1 aliphatic carbocycles. The standard InChI is InChI=1S/C10H19N3O2S/c1-9(2)7(12)10(3,4)8(9)13-16(14,15)6-5-11/h7-8,13H,6,12H2,1-4H3. The molecular weight excluding hydrogens is 226 g/mol. The Morgan fingerprint density at radius 3 is 2.12 bits per heavy atom. The van der Waals surface area contributed by atoms with Crippen molar-refractivity contribution in [3.63, 3.8) is 0 Å². The van der Waals surface area contributed by atoms with Crippen molar-refractivity contribution in [3.8, 4) is 6.07 Å². The minimum Gasteiger partial charge on any atom is -0.327 e. The molecule has 0 aromatic carbocycles. The van der Waals surface area contributed by atoms with E-state index in [0.29, 0.717) is 0 Å². The molecule has 1 fully saturated rings. The van der Waals surface area contributed by atoms with Crippen LogP contribution in [0.3, 0.4) is 0 Å². The van der Waals surface area contributed by atoms with Crippen LogP contribution in [0.15, 0.2) is 0 Å². The van der Waals surface area contributed by atoms with Crippen molar-refractivity contribution in [2.24, 2.45) is 16.6 Å². The van der Waals surface area contributed by atoms with Crippen LogP contribution >= 0.6 is 0 Å². The molecule has 6 heteroatoms. The molecule has 0 spiro atoms. The van der Waals surface area contributed by atoms with Gasteiger partial charge in [0.1, 0.15) is 0 Å². The second kappa shape index (κ2) is 3.69. The average Bonchev–Trinajstić information content (AvgIpc) is 2.12. The van der Waals surface area contributed by atoms with Crippen molar-refractivity contribution < 1.29 is 8.42 Å². The first-order valence-corrected chi connectivity index (χ1v) is 6.83. The van der Waals surface area contributed by atoms with E-state index in [4.69, 9.17) is 11.0 Å². The molecule has 0 heterocycles. The normalized spacial score (nSPS) is 31.5. The molecule has 0 amide bonds. The molecule has 5 nitrogen and oxygen atoms in total. The minimum atomic E-state index is -3.52. The van der Waals surface area contributed by atoms with Gasteiger partial charge in [0.2, 0.25) is 10.0 Å². The fourth-order valence-electron chi connectivity index (χ4n) is 2.79. The lowest BCUT2D eigenvalue weighted by molar-refractivity contribution is -0.0593. The smallest absolute Gasteiger partial charge is 0.225 e. The predicted octanol–water partition coefficient (Wildman–Crippen LogP) is 0.191. The van der Waals surface area contributed by atoms with Gasteiger partial charge in [-0.2, -0.15) is 5.26 Å². The summed E-state index contributed by atoms with van der Waals surface area (Å²) in [5.41, 5.74) is 5.45. The summed E-state index contributed by atoms with van der Waals surface area (Å²) < 4.78 is 25.7. The first kappa shape index (κ1) is 13.4. The maximum atomic E-state index is 11.5. The van der Waals surface area contributed by atoms with Gasteiger partial charge in [-0.15, -0.1) is 0 Å². The maximum absolute atomic E-state index is 11.5. The largest absolute Gasteiger partial charge is 0.327 e. The van der Waals surface area contributed by atoms with Gasteiger partial charge in [-0.05, 0) is 10.8 Å². The third-order valence-corrected chi connectivity index (χ3v) is 4.75. The fraction of sp³-hybridized carbons (Fsp3) is 0.900. The topological polar surface area (TPSA) is 96.0 Å². The number of nitrogens with one attached hydrogen (secondary N) is 1. The molecule has 92 valence electrons. The highest BCUT2D eigenvalue weighted by atomic mass is 32.2. The molecule has 0 bridgehead atoms. The van der Waals surface area contributed by atoms with Crippen LogP contribution in [0.4, 0.5) is 0 Å². The number of nitrogens with two attached hydrogens (primary N) is 1. The zero-order chi connectivity index (χ0) is 12.8. The van der Waals surface area contributed by atoms with Crippen LogP contribution < -0.4 is 10.5 Å². The van der Waals surface area contributed by atoms with Gasteiger partial charge < -0.3 is 5.73 Å². The monoisotopic (exact) mass is 245 g/mol. The van der Waals surface area contributed by atoms with Crippen molar-refractivity contribution >= 4 is 10.0 Å². The molecule has 1 aliphatic rings. The minimum absolute atomic E-state index is 0.0604. The van der Waals surface area contributed by atoms with Crippen molar-refractivity contribution in [1.29, 1.82) is 5.26 Å². The van der Waals surface area contributed by atoms with Crippen LogP contribution in [0.5, 0.6) is 0 Å². The number of rotatable bonds is 3. The van der Waals surface area contributed by atoms with Gasteiger partial charge in [-0.1, -0.05) is 27.7 Å². The lowest BCUT2D eigenvalue weighted by Crippen LogP contribution is -2.76. The highest BCUT2D eigenvalue weighted by molar-refractivity contribution is 7.89. The van der Waals surface area contributed by atoms with E-state index in [9.17, 15) is 8.42 Å². The Balaban J connectivity index is 2.88. The van der Waals surface area contributed by atoms with E-state index in [2.05, 4.69) is 4.72 Å². The maximum Gasteiger partial charge on any atom is 0.225 e. The van der Waals surface area contributed by atoms with E-state index in [0.717, 1.165) is 0 Å². The number of hydrogen-bond acceptors (Lipinski definition) is 4.